The summed E-state index contributed by atoms with van der Waals surface area (Å²) in [6.45, 7) is -0.0474. The van der Waals surface area contributed by atoms with Crippen LogP contribution in [-0.2, 0) is 21.4 Å². The van der Waals surface area contributed by atoms with Gasteiger partial charge in [0.05, 0.1) is 25.7 Å². The fourth-order valence-corrected chi connectivity index (χ4v) is 7.21. The van der Waals surface area contributed by atoms with Crippen molar-refractivity contribution in [2.75, 3.05) is 20.8 Å². The second-order valence-electron chi connectivity index (χ2n) is 12.4. The van der Waals surface area contributed by atoms with Gasteiger partial charge < -0.3 is 29.5 Å². The molecule has 0 aromatic heterocycles. The number of unbranched alkanes of at least 4 members (excludes halogenated alkanes) is 1. The molecule has 0 saturated carbocycles. The number of benzene rings is 5. The van der Waals surface area contributed by atoms with E-state index in [4.69, 9.17) is 14.2 Å². The molecular weight excluding hydrogens is 616 g/mol. The van der Waals surface area contributed by atoms with Crippen molar-refractivity contribution >= 4 is 5.97 Å². The third-order valence-corrected chi connectivity index (χ3v) is 9.56. The lowest BCUT2D eigenvalue weighted by Crippen LogP contribution is -2.43. The van der Waals surface area contributed by atoms with Crippen LogP contribution in [0.4, 0.5) is 0 Å². The highest BCUT2D eigenvalue weighted by Crippen LogP contribution is 2.56. The van der Waals surface area contributed by atoms with Crippen LogP contribution in [-0.4, -0.2) is 54.3 Å². The van der Waals surface area contributed by atoms with Gasteiger partial charge in [-0.05, 0) is 77.3 Å². The number of rotatable bonds is 14. The summed E-state index contributed by atoms with van der Waals surface area (Å²) in [6.07, 6.45) is -2.50. The Hall–Kier alpha value is -4.95. The van der Waals surface area contributed by atoms with Crippen LogP contribution in [0.25, 0.3) is 11.1 Å². The highest BCUT2D eigenvalue weighted by atomic mass is 16.6. The first-order valence-corrected chi connectivity index (χ1v) is 16.6. The molecule has 49 heavy (non-hydrogen) atoms. The number of para-hydroxylation sites is 2. The Kier molecular flexibility index (Phi) is 10.4. The molecule has 0 aliphatic heterocycles. The molecule has 252 valence electrons. The first kappa shape index (κ1) is 33.9. The van der Waals surface area contributed by atoms with Gasteiger partial charge in [0.25, 0.3) is 0 Å². The Balaban J connectivity index is 1.65. The number of hydrogen-bond donors (Lipinski definition) is 3. The fourth-order valence-electron chi connectivity index (χ4n) is 7.21. The molecule has 0 amide bonds. The predicted molar refractivity (Wildman–Crippen MR) is 189 cm³/mol. The van der Waals surface area contributed by atoms with E-state index in [9.17, 15) is 20.1 Å². The highest BCUT2D eigenvalue weighted by molar-refractivity contribution is 5.79. The zero-order valence-corrected chi connectivity index (χ0v) is 27.8. The number of esters is 1. The van der Waals surface area contributed by atoms with E-state index in [1.165, 1.54) is 5.56 Å². The number of ether oxygens (including phenoxy) is 3. The van der Waals surface area contributed by atoms with E-state index < -0.39 is 29.7 Å². The minimum Gasteiger partial charge on any atom is -0.496 e. The summed E-state index contributed by atoms with van der Waals surface area (Å²) in [6, 6.07) is 39.5. The standard InChI is InChI=1S/C42H42O7/c1-47-37-21-10-8-18-34(37)42(31-15-4-3-5-16-31,35-19-9-11-22-38(35)48-2)40(49-41(46)39(45)36(44)20-12-13-25-43)30-24-23-29-26-28-14-6-7-17-32(28)33(29)27-30/h3-11,14-19,21-24,27,36,39-40,43-45H,12-13,20,25-26H2,1-2H3. The Morgan fingerprint density at radius 1 is 0.714 bits per heavy atom. The third-order valence-electron chi connectivity index (χ3n) is 9.56. The molecule has 3 unspecified atom stereocenters. The summed E-state index contributed by atoms with van der Waals surface area (Å²) >= 11 is 0. The molecule has 0 spiro atoms. The molecule has 1 aliphatic carbocycles. The number of carbonyl (C=O) groups is 1. The number of methoxy groups -OCH3 is 2. The monoisotopic (exact) mass is 658 g/mol. The second-order valence-corrected chi connectivity index (χ2v) is 12.4. The molecule has 6 rings (SSSR count). The molecule has 0 saturated heterocycles. The smallest absolute Gasteiger partial charge is 0.338 e. The van der Waals surface area contributed by atoms with Gasteiger partial charge in [-0.25, -0.2) is 4.79 Å². The molecule has 0 heterocycles. The molecule has 0 fully saturated rings. The van der Waals surface area contributed by atoms with Gasteiger partial charge in [-0.2, -0.15) is 0 Å². The number of aliphatic hydroxyl groups is 3. The van der Waals surface area contributed by atoms with Crippen molar-refractivity contribution in [1.82, 2.24) is 0 Å². The van der Waals surface area contributed by atoms with Crippen molar-refractivity contribution < 1.29 is 34.3 Å². The minimum absolute atomic E-state index is 0.0474. The van der Waals surface area contributed by atoms with Crippen molar-refractivity contribution in [3.8, 4) is 22.6 Å². The van der Waals surface area contributed by atoms with Crippen molar-refractivity contribution in [3.63, 3.8) is 0 Å². The molecule has 3 atom stereocenters. The minimum atomic E-state index is -1.82. The van der Waals surface area contributed by atoms with Gasteiger partial charge >= 0.3 is 5.97 Å². The lowest BCUT2D eigenvalue weighted by Gasteiger charge is -2.43. The van der Waals surface area contributed by atoms with Crippen LogP contribution >= 0.6 is 0 Å². The topological polar surface area (TPSA) is 105 Å². The summed E-state index contributed by atoms with van der Waals surface area (Å²) in [5.74, 6) is 0.163. The van der Waals surface area contributed by atoms with E-state index in [1.54, 1.807) is 14.2 Å². The van der Waals surface area contributed by atoms with Crippen molar-refractivity contribution in [1.29, 1.82) is 0 Å². The van der Waals surface area contributed by atoms with Gasteiger partial charge in [-0.3, -0.25) is 0 Å². The number of aliphatic hydroxyl groups excluding tert-OH is 3. The fraction of sp³-hybridized carbons (Fsp3) is 0.262. The first-order valence-electron chi connectivity index (χ1n) is 16.6. The summed E-state index contributed by atoms with van der Waals surface area (Å²) in [5.41, 5.74) is 6.15. The van der Waals surface area contributed by atoms with E-state index >= 15 is 0 Å². The van der Waals surface area contributed by atoms with E-state index in [0.717, 1.165) is 28.7 Å². The average molecular weight is 659 g/mol. The SMILES string of the molecule is COc1ccccc1C(c1ccccc1)(c1ccccc1OC)C(OC(=O)C(O)C(O)CCCCO)c1ccc2c(c1)-c1ccccc1C2. The van der Waals surface area contributed by atoms with Crippen LogP contribution in [0.1, 0.15) is 58.7 Å². The van der Waals surface area contributed by atoms with Crippen LogP contribution in [0.2, 0.25) is 0 Å². The number of fused-ring (bicyclic) bond motifs is 3. The second kappa shape index (κ2) is 15.1. The largest absolute Gasteiger partial charge is 0.496 e. The maximum atomic E-state index is 14.1. The van der Waals surface area contributed by atoms with Gasteiger partial charge in [-0.1, -0.05) is 103 Å². The van der Waals surface area contributed by atoms with Crippen LogP contribution in [0.3, 0.4) is 0 Å². The Labute approximate surface area is 287 Å². The summed E-state index contributed by atoms with van der Waals surface area (Å²) in [4.78, 5) is 14.1. The van der Waals surface area contributed by atoms with E-state index in [2.05, 4.69) is 24.3 Å². The van der Waals surface area contributed by atoms with E-state index in [-0.39, 0.29) is 13.0 Å². The summed E-state index contributed by atoms with van der Waals surface area (Å²) in [5, 5.41) is 31.3. The lowest BCUT2D eigenvalue weighted by atomic mass is 9.63. The van der Waals surface area contributed by atoms with E-state index in [0.29, 0.717) is 41.0 Å². The predicted octanol–water partition coefficient (Wildman–Crippen LogP) is 6.78. The zero-order valence-electron chi connectivity index (χ0n) is 27.8. The van der Waals surface area contributed by atoms with Crippen LogP contribution < -0.4 is 9.47 Å². The molecule has 5 aromatic rings. The number of hydrogen-bond acceptors (Lipinski definition) is 7. The van der Waals surface area contributed by atoms with Crippen molar-refractivity contribution in [3.05, 3.63) is 155 Å². The normalized spacial score (nSPS) is 13.9. The molecule has 1 aliphatic rings. The van der Waals surface area contributed by atoms with Crippen LogP contribution in [0.15, 0.2) is 121 Å². The zero-order chi connectivity index (χ0) is 34.4. The maximum absolute atomic E-state index is 14.1. The molecular formula is C42H42O7. The molecule has 5 aromatic carbocycles. The van der Waals surface area contributed by atoms with Crippen LogP contribution in [0.5, 0.6) is 11.5 Å². The Bertz CT molecular complexity index is 1840. The molecule has 7 heteroatoms. The first-order chi connectivity index (χ1) is 23.9. The van der Waals surface area contributed by atoms with Crippen molar-refractivity contribution in [2.24, 2.45) is 0 Å². The summed E-state index contributed by atoms with van der Waals surface area (Å²) < 4.78 is 18.6. The van der Waals surface area contributed by atoms with Gasteiger partial charge in [0.15, 0.2) is 6.10 Å². The lowest BCUT2D eigenvalue weighted by molar-refractivity contribution is -0.168. The Morgan fingerprint density at radius 2 is 1.31 bits per heavy atom. The maximum Gasteiger partial charge on any atom is 0.338 e. The highest BCUT2D eigenvalue weighted by Gasteiger charge is 2.51. The number of carbonyl (C=O) groups excluding carboxylic acids is 1. The third kappa shape index (κ3) is 6.45. The average Bonchev–Trinajstić information content (AvgIpc) is 3.53. The summed E-state index contributed by atoms with van der Waals surface area (Å²) in [7, 11) is 3.22. The van der Waals surface area contributed by atoms with Crippen molar-refractivity contribution in [2.45, 2.75) is 49.4 Å². The van der Waals surface area contributed by atoms with Gasteiger partial charge in [0.2, 0.25) is 0 Å². The molecule has 0 bridgehead atoms. The van der Waals surface area contributed by atoms with Gasteiger partial charge in [-0.15, -0.1) is 0 Å². The quantitative estimate of drug-likeness (QED) is 0.0674. The Morgan fingerprint density at radius 3 is 1.96 bits per heavy atom. The van der Waals surface area contributed by atoms with Gasteiger partial charge in [0.1, 0.15) is 17.6 Å². The van der Waals surface area contributed by atoms with E-state index in [1.807, 2.05) is 97.1 Å². The molecule has 3 N–H and O–H groups in total. The van der Waals surface area contributed by atoms with Gasteiger partial charge in [0, 0.05) is 17.7 Å². The molecule has 7 nitrogen and oxygen atoms in total. The molecule has 0 radical (unpaired) electrons. The van der Waals surface area contributed by atoms with Crippen LogP contribution in [0, 0.1) is 0 Å².